The van der Waals surface area contributed by atoms with Gasteiger partial charge in [-0.15, -0.1) is 0 Å². The number of nitrogens with two attached hydrogens (primary N) is 1. The zero-order valence-corrected chi connectivity index (χ0v) is 11.7. The first-order valence-electron chi connectivity index (χ1n) is 6.55. The van der Waals surface area contributed by atoms with Gasteiger partial charge in [-0.25, -0.2) is 9.97 Å². The number of nitrogens with zero attached hydrogens (tertiary/aromatic N) is 2. The Morgan fingerprint density at radius 3 is 2.79 bits per heavy atom. The van der Waals surface area contributed by atoms with E-state index in [4.69, 9.17) is 5.73 Å². The van der Waals surface area contributed by atoms with Crippen LogP contribution >= 0.6 is 0 Å². The monoisotopic (exact) mass is 263 g/mol. The normalized spacial score (nSPS) is 19.9. The molecule has 1 aliphatic heterocycles. The molecule has 104 valence electrons. The fourth-order valence-corrected chi connectivity index (χ4v) is 1.96. The Labute approximate surface area is 113 Å². The van der Waals surface area contributed by atoms with E-state index in [1.807, 2.05) is 20.8 Å². The van der Waals surface area contributed by atoms with Gasteiger partial charge in [0.2, 0.25) is 5.91 Å². The SMILES string of the molecule is CC(C)(C)c1nc(N)cc(NC2CCCNC2=O)n1. The van der Waals surface area contributed by atoms with Crippen molar-refractivity contribution in [3.63, 3.8) is 0 Å². The number of aromatic nitrogens is 2. The van der Waals surface area contributed by atoms with Gasteiger partial charge < -0.3 is 16.4 Å². The van der Waals surface area contributed by atoms with Crippen molar-refractivity contribution in [2.75, 3.05) is 17.6 Å². The van der Waals surface area contributed by atoms with Gasteiger partial charge in [0.25, 0.3) is 0 Å². The van der Waals surface area contributed by atoms with Crippen LogP contribution in [0, 0.1) is 0 Å². The summed E-state index contributed by atoms with van der Waals surface area (Å²) < 4.78 is 0. The van der Waals surface area contributed by atoms with Crippen LogP contribution < -0.4 is 16.4 Å². The topological polar surface area (TPSA) is 92.9 Å². The molecule has 1 aliphatic rings. The maximum atomic E-state index is 11.7. The van der Waals surface area contributed by atoms with Crippen LogP contribution in [0.4, 0.5) is 11.6 Å². The third-order valence-electron chi connectivity index (χ3n) is 3.02. The van der Waals surface area contributed by atoms with Crippen molar-refractivity contribution in [1.82, 2.24) is 15.3 Å². The number of hydrogen-bond acceptors (Lipinski definition) is 5. The quantitative estimate of drug-likeness (QED) is 0.741. The van der Waals surface area contributed by atoms with E-state index >= 15 is 0 Å². The second-order valence-corrected chi connectivity index (χ2v) is 5.88. The summed E-state index contributed by atoms with van der Waals surface area (Å²) >= 11 is 0. The highest BCUT2D eigenvalue weighted by Gasteiger charge is 2.24. The van der Waals surface area contributed by atoms with E-state index in [0.29, 0.717) is 17.5 Å². The summed E-state index contributed by atoms with van der Waals surface area (Å²) in [5, 5.41) is 5.98. The predicted molar refractivity (Wildman–Crippen MR) is 74.8 cm³/mol. The van der Waals surface area contributed by atoms with E-state index in [-0.39, 0.29) is 17.4 Å². The standard InChI is InChI=1S/C13H21N5O/c1-13(2,3)12-17-9(14)7-10(18-12)16-8-5-4-6-15-11(8)19/h7-8H,4-6H2,1-3H3,(H,15,19)(H3,14,16,17,18). The summed E-state index contributed by atoms with van der Waals surface area (Å²) in [6, 6.07) is 1.42. The van der Waals surface area contributed by atoms with Crippen LogP contribution in [-0.2, 0) is 10.2 Å². The minimum Gasteiger partial charge on any atom is -0.384 e. The van der Waals surface area contributed by atoms with Gasteiger partial charge in [-0.2, -0.15) is 0 Å². The van der Waals surface area contributed by atoms with Gasteiger partial charge in [-0.3, -0.25) is 4.79 Å². The molecule has 4 N–H and O–H groups in total. The number of amides is 1. The van der Waals surface area contributed by atoms with Crippen molar-refractivity contribution >= 4 is 17.5 Å². The Bertz CT molecular complexity index is 480. The molecule has 2 rings (SSSR count). The molecule has 2 heterocycles. The Balaban J connectivity index is 2.20. The van der Waals surface area contributed by atoms with E-state index in [0.717, 1.165) is 19.4 Å². The molecule has 1 aromatic rings. The zero-order chi connectivity index (χ0) is 14.0. The molecule has 0 aliphatic carbocycles. The summed E-state index contributed by atoms with van der Waals surface area (Å²) in [5.41, 5.74) is 5.62. The molecule has 0 radical (unpaired) electrons. The lowest BCUT2D eigenvalue weighted by Crippen LogP contribution is -2.44. The van der Waals surface area contributed by atoms with E-state index in [9.17, 15) is 4.79 Å². The van der Waals surface area contributed by atoms with Gasteiger partial charge in [0.15, 0.2) is 0 Å². The van der Waals surface area contributed by atoms with Crippen LogP contribution in [0.5, 0.6) is 0 Å². The number of nitrogens with one attached hydrogen (secondary N) is 2. The second kappa shape index (κ2) is 5.03. The van der Waals surface area contributed by atoms with Crippen molar-refractivity contribution in [3.05, 3.63) is 11.9 Å². The van der Waals surface area contributed by atoms with Crippen LogP contribution in [-0.4, -0.2) is 28.5 Å². The summed E-state index contributed by atoms with van der Waals surface area (Å²) in [6.07, 6.45) is 1.77. The third-order valence-corrected chi connectivity index (χ3v) is 3.02. The van der Waals surface area contributed by atoms with Crippen molar-refractivity contribution < 1.29 is 4.79 Å². The molecule has 1 saturated heterocycles. The molecule has 6 heteroatoms. The molecule has 1 fully saturated rings. The highest BCUT2D eigenvalue weighted by atomic mass is 16.2. The smallest absolute Gasteiger partial charge is 0.242 e. The van der Waals surface area contributed by atoms with Gasteiger partial charge in [-0.05, 0) is 12.8 Å². The summed E-state index contributed by atoms with van der Waals surface area (Å²) in [6.45, 7) is 6.83. The summed E-state index contributed by atoms with van der Waals surface area (Å²) in [7, 11) is 0. The first-order chi connectivity index (χ1) is 8.86. The molecule has 0 saturated carbocycles. The van der Waals surface area contributed by atoms with Gasteiger partial charge in [-0.1, -0.05) is 20.8 Å². The van der Waals surface area contributed by atoms with Crippen molar-refractivity contribution in [2.24, 2.45) is 0 Å². The van der Waals surface area contributed by atoms with Crippen molar-refractivity contribution in [2.45, 2.75) is 45.1 Å². The number of anilines is 2. The number of carbonyl (C=O) groups is 1. The van der Waals surface area contributed by atoms with Crippen molar-refractivity contribution in [1.29, 1.82) is 0 Å². The van der Waals surface area contributed by atoms with Crippen LogP contribution in [0.15, 0.2) is 6.07 Å². The average molecular weight is 263 g/mol. The molecular formula is C13H21N5O. The van der Waals surface area contributed by atoms with Crippen molar-refractivity contribution in [3.8, 4) is 0 Å². The fourth-order valence-electron chi connectivity index (χ4n) is 1.96. The lowest BCUT2D eigenvalue weighted by Gasteiger charge is -2.24. The Kier molecular flexibility index (Phi) is 3.59. The minimum absolute atomic E-state index is 0.0146. The lowest BCUT2D eigenvalue weighted by molar-refractivity contribution is -0.123. The molecule has 1 aromatic heterocycles. The molecule has 1 unspecified atom stereocenters. The van der Waals surface area contributed by atoms with Gasteiger partial charge in [0, 0.05) is 18.0 Å². The van der Waals surface area contributed by atoms with Crippen LogP contribution in [0.25, 0.3) is 0 Å². The van der Waals surface area contributed by atoms with Crippen LogP contribution in [0.3, 0.4) is 0 Å². The van der Waals surface area contributed by atoms with Gasteiger partial charge >= 0.3 is 0 Å². The number of rotatable bonds is 2. The number of nitrogen functional groups attached to an aromatic ring is 1. The average Bonchev–Trinajstić information content (AvgIpc) is 2.30. The lowest BCUT2D eigenvalue weighted by atomic mass is 9.96. The predicted octanol–water partition coefficient (Wildman–Crippen LogP) is 1.05. The van der Waals surface area contributed by atoms with Gasteiger partial charge in [0.05, 0.1) is 0 Å². The second-order valence-electron chi connectivity index (χ2n) is 5.88. The molecule has 0 aromatic carbocycles. The number of hydrogen-bond donors (Lipinski definition) is 3. The zero-order valence-electron chi connectivity index (χ0n) is 11.7. The molecule has 0 spiro atoms. The summed E-state index contributed by atoms with van der Waals surface area (Å²) in [4.78, 5) is 20.4. The maximum Gasteiger partial charge on any atom is 0.242 e. The Hall–Kier alpha value is -1.85. The van der Waals surface area contributed by atoms with E-state index in [2.05, 4.69) is 20.6 Å². The molecule has 1 atom stereocenters. The fraction of sp³-hybridized carbons (Fsp3) is 0.615. The molecule has 0 bridgehead atoms. The molecule has 6 nitrogen and oxygen atoms in total. The summed E-state index contributed by atoms with van der Waals surface area (Å²) in [5.74, 6) is 1.71. The first-order valence-corrected chi connectivity index (χ1v) is 6.55. The largest absolute Gasteiger partial charge is 0.384 e. The Morgan fingerprint density at radius 1 is 1.42 bits per heavy atom. The first kappa shape index (κ1) is 13.6. The molecule has 19 heavy (non-hydrogen) atoms. The third kappa shape index (κ3) is 3.33. The number of piperidine rings is 1. The van der Waals surface area contributed by atoms with Gasteiger partial charge in [0.1, 0.15) is 23.5 Å². The molecule has 1 amide bonds. The Morgan fingerprint density at radius 2 is 2.16 bits per heavy atom. The number of carbonyl (C=O) groups excluding carboxylic acids is 1. The molecular weight excluding hydrogens is 242 g/mol. The highest BCUT2D eigenvalue weighted by molar-refractivity contribution is 5.85. The van der Waals surface area contributed by atoms with Crippen LogP contribution in [0.2, 0.25) is 0 Å². The van der Waals surface area contributed by atoms with Crippen LogP contribution in [0.1, 0.15) is 39.4 Å². The maximum absolute atomic E-state index is 11.7. The minimum atomic E-state index is -0.240. The van der Waals surface area contributed by atoms with E-state index < -0.39 is 0 Å². The van der Waals surface area contributed by atoms with E-state index in [1.165, 1.54) is 0 Å². The van der Waals surface area contributed by atoms with E-state index in [1.54, 1.807) is 6.07 Å². The highest BCUT2D eigenvalue weighted by Crippen LogP contribution is 2.22.